The zero-order valence-corrected chi connectivity index (χ0v) is 10.6. The SMILES string of the molecule is Nc1cccc(Cc2n[nH]c(=O)c3c2NCCC3)c1. The predicted octanol–water partition coefficient (Wildman–Crippen LogP) is 1.30. The molecule has 0 saturated heterocycles. The lowest BCUT2D eigenvalue weighted by Crippen LogP contribution is -2.25. The van der Waals surface area contributed by atoms with Crippen LogP contribution < -0.4 is 16.6 Å². The number of H-pyrrole nitrogens is 1. The molecule has 0 unspecified atom stereocenters. The fraction of sp³-hybridized carbons (Fsp3) is 0.286. The molecule has 5 heteroatoms. The summed E-state index contributed by atoms with van der Waals surface area (Å²) < 4.78 is 0. The van der Waals surface area contributed by atoms with Gasteiger partial charge in [0.05, 0.1) is 11.4 Å². The van der Waals surface area contributed by atoms with E-state index in [9.17, 15) is 4.79 Å². The van der Waals surface area contributed by atoms with Crippen molar-refractivity contribution in [1.29, 1.82) is 0 Å². The summed E-state index contributed by atoms with van der Waals surface area (Å²) >= 11 is 0. The molecule has 98 valence electrons. The van der Waals surface area contributed by atoms with Gasteiger partial charge < -0.3 is 11.1 Å². The first kappa shape index (κ1) is 11.8. The molecule has 4 N–H and O–H groups in total. The molecule has 0 amide bonds. The number of aromatic amines is 1. The van der Waals surface area contributed by atoms with Crippen LogP contribution in [-0.4, -0.2) is 16.7 Å². The number of nitrogen functional groups attached to an aromatic ring is 1. The number of aromatic nitrogens is 2. The largest absolute Gasteiger partial charge is 0.399 e. The van der Waals surface area contributed by atoms with Gasteiger partial charge in [-0.1, -0.05) is 12.1 Å². The Kier molecular flexibility index (Phi) is 2.95. The molecule has 1 aromatic carbocycles. The van der Waals surface area contributed by atoms with Gasteiger partial charge in [-0.15, -0.1) is 0 Å². The molecular formula is C14H16N4O. The average molecular weight is 256 g/mol. The molecule has 1 aliphatic rings. The van der Waals surface area contributed by atoms with Gasteiger partial charge in [-0.25, -0.2) is 5.10 Å². The van der Waals surface area contributed by atoms with Gasteiger partial charge in [0, 0.05) is 24.2 Å². The lowest BCUT2D eigenvalue weighted by molar-refractivity contribution is 0.780. The normalized spacial score (nSPS) is 13.7. The lowest BCUT2D eigenvalue weighted by atomic mass is 10.0. The molecule has 2 heterocycles. The van der Waals surface area contributed by atoms with E-state index in [1.165, 1.54) is 0 Å². The Labute approximate surface area is 110 Å². The fourth-order valence-electron chi connectivity index (χ4n) is 2.48. The maximum Gasteiger partial charge on any atom is 0.269 e. The standard InChI is InChI=1S/C14H16N4O/c15-10-4-1-3-9(7-10)8-12-13-11(5-2-6-16-13)14(19)18-17-12/h1,3-4,7,16H,2,5-6,8,15H2,(H,18,19). The Bertz CT molecular complexity index is 663. The van der Waals surface area contributed by atoms with Crippen LogP contribution in [0, 0.1) is 0 Å². The second-order valence-electron chi connectivity index (χ2n) is 4.81. The van der Waals surface area contributed by atoms with E-state index in [1.54, 1.807) is 0 Å². The van der Waals surface area contributed by atoms with Crippen LogP contribution in [0.4, 0.5) is 11.4 Å². The van der Waals surface area contributed by atoms with Crippen molar-refractivity contribution in [3.63, 3.8) is 0 Å². The van der Waals surface area contributed by atoms with Crippen LogP contribution in [0.5, 0.6) is 0 Å². The lowest BCUT2D eigenvalue weighted by Gasteiger charge is -2.19. The van der Waals surface area contributed by atoms with Crippen molar-refractivity contribution in [2.45, 2.75) is 19.3 Å². The van der Waals surface area contributed by atoms with E-state index < -0.39 is 0 Å². The Hall–Kier alpha value is -2.30. The van der Waals surface area contributed by atoms with Gasteiger partial charge in [0.2, 0.25) is 0 Å². The smallest absolute Gasteiger partial charge is 0.269 e. The van der Waals surface area contributed by atoms with Crippen LogP contribution in [0.3, 0.4) is 0 Å². The zero-order valence-electron chi connectivity index (χ0n) is 10.6. The number of benzene rings is 1. The summed E-state index contributed by atoms with van der Waals surface area (Å²) in [7, 11) is 0. The van der Waals surface area contributed by atoms with E-state index in [4.69, 9.17) is 5.73 Å². The first-order chi connectivity index (χ1) is 9.24. The first-order valence-corrected chi connectivity index (χ1v) is 6.43. The van der Waals surface area contributed by atoms with Crippen LogP contribution >= 0.6 is 0 Å². The van der Waals surface area contributed by atoms with E-state index in [0.717, 1.165) is 47.6 Å². The third kappa shape index (κ3) is 2.31. The Morgan fingerprint density at radius 1 is 1.37 bits per heavy atom. The van der Waals surface area contributed by atoms with E-state index in [0.29, 0.717) is 6.42 Å². The highest BCUT2D eigenvalue weighted by molar-refractivity contribution is 5.57. The molecule has 0 atom stereocenters. The molecule has 1 aromatic heterocycles. The molecule has 3 rings (SSSR count). The van der Waals surface area contributed by atoms with Crippen LogP contribution in [0.15, 0.2) is 29.1 Å². The highest BCUT2D eigenvalue weighted by Gasteiger charge is 2.17. The van der Waals surface area contributed by atoms with Crippen LogP contribution in [-0.2, 0) is 12.8 Å². The molecule has 0 aliphatic carbocycles. The Morgan fingerprint density at radius 2 is 2.26 bits per heavy atom. The molecule has 0 fully saturated rings. The van der Waals surface area contributed by atoms with Gasteiger partial charge in [-0.05, 0) is 30.5 Å². The minimum atomic E-state index is -0.0847. The van der Waals surface area contributed by atoms with Gasteiger partial charge in [0.1, 0.15) is 0 Å². The molecular weight excluding hydrogens is 240 g/mol. The minimum Gasteiger partial charge on any atom is -0.399 e. The second-order valence-corrected chi connectivity index (χ2v) is 4.81. The van der Waals surface area contributed by atoms with E-state index in [2.05, 4.69) is 15.5 Å². The molecule has 5 nitrogen and oxygen atoms in total. The topological polar surface area (TPSA) is 83.8 Å². The minimum absolute atomic E-state index is 0.0847. The zero-order chi connectivity index (χ0) is 13.2. The summed E-state index contributed by atoms with van der Waals surface area (Å²) in [5.41, 5.74) is 10.1. The van der Waals surface area contributed by atoms with Gasteiger partial charge in [0.15, 0.2) is 0 Å². The van der Waals surface area contributed by atoms with Crippen molar-refractivity contribution in [3.05, 3.63) is 51.4 Å². The highest BCUT2D eigenvalue weighted by atomic mass is 16.1. The monoisotopic (exact) mass is 256 g/mol. The summed E-state index contributed by atoms with van der Waals surface area (Å²) in [6, 6.07) is 7.73. The third-order valence-electron chi connectivity index (χ3n) is 3.38. The maximum atomic E-state index is 11.7. The number of hydrogen-bond donors (Lipinski definition) is 3. The highest BCUT2D eigenvalue weighted by Crippen LogP contribution is 2.23. The number of rotatable bonds is 2. The fourth-order valence-corrected chi connectivity index (χ4v) is 2.48. The van der Waals surface area contributed by atoms with Crippen molar-refractivity contribution >= 4 is 11.4 Å². The van der Waals surface area contributed by atoms with Crippen molar-refractivity contribution in [1.82, 2.24) is 10.2 Å². The number of nitrogens with one attached hydrogen (secondary N) is 2. The van der Waals surface area contributed by atoms with Crippen molar-refractivity contribution < 1.29 is 0 Å². The van der Waals surface area contributed by atoms with E-state index in [1.807, 2.05) is 24.3 Å². The predicted molar refractivity (Wildman–Crippen MR) is 75.3 cm³/mol. The summed E-state index contributed by atoms with van der Waals surface area (Å²) in [4.78, 5) is 11.7. The molecule has 19 heavy (non-hydrogen) atoms. The Balaban J connectivity index is 1.99. The quantitative estimate of drug-likeness (QED) is 0.707. The van der Waals surface area contributed by atoms with Crippen LogP contribution in [0.1, 0.15) is 23.2 Å². The number of nitrogens with two attached hydrogens (primary N) is 1. The summed E-state index contributed by atoms with van der Waals surface area (Å²) in [6.07, 6.45) is 2.46. The molecule has 0 bridgehead atoms. The van der Waals surface area contributed by atoms with E-state index >= 15 is 0 Å². The average Bonchev–Trinajstić information content (AvgIpc) is 2.42. The molecule has 0 radical (unpaired) electrons. The maximum absolute atomic E-state index is 11.7. The van der Waals surface area contributed by atoms with Gasteiger partial charge in [0.25, 0.3) is 5.56 Å². The summed E-state index contributed by atoms with van der Waals surface area (Å²) in [6.45, 7) is 0.891. The number of nitrogens with zero attached hydrogens (tertiary/aromatic N) is 1. The first-order valence-electron chi connectivity index (χ1n) is 6.43. The van der Waals surface area contributed by atoms with Gasteiger partial charge in [-0.2, -0.15) is 5.10 Å². The third-order valence-corrected chi connectivity index (χ3v) is 3.38. The number of hydrogen-bond acceptors (Lipinski definition) is 4. The van der Waals surface area contributed by atoms with E-state index in [-0.39, 0.29) is 5.56 Å². The van der Waals surface area contributed by atoms with Crippen molar-refractivity contribution in [3.8, 4) is 0 Å². The van der Waals surface area contributed by atoms with Gasteiger partial charge >= 0.3 is 0 Å². The summed E-state index contributed by atoms with van der Waals surface area (Å²) in [5.74, 6) is 0. The second kappa shape index (κ2) is 4.76. The van der Waals surface area contributed by atoms with Crippen molar-refractivity contribution in [2.75, 3.05) is 17.6 Å². The molecule has 2 aromatic rings. The molecule has 0 saturated carbocycles. The number of fused-ring (bicyclic) bond motifs is 1. The van der Waals surface area contributed by atoms with Crippen LogP contribution in [0.25, 0.3) is 0 Å². The Morgan fingerprint density at radius 3 is 3.11 bits per heavy atom. The molecule has 1 aliphatic heterocycles. The number of anilines is 2. The summed E-state index contributed by atoms with van der Waals surface area (Å²) in [5, 5.41) is 10.1. The molecule has 0 spiro atoms. The van der Waals surface area contributed by atoms with Crippen LogP contribution in [0.2, 0.25) is 0 Å². The van der Waals surface area contributed by atoms with Gasteiger partial charge in [-0.3, -0.25) is 4.79 Å². The van der Waals surface area contributed by atoms with Crippen molar-refractivity contribution in [2.24, 2.45) is 0 Å².